The zero-order valence-electron chi connectivity index (χ0n) is 11.5. The number of nitro groups is 1. The Morgan fingerprint density at radius 2 is 2.10 bits per heavy atom. The summed E-state index contributed by atoms with van der Waals surface area (Å²) in [7, 11) is 0. The maximum absolute atomic E-state index is 11.0. The number of nitro benzene ring substituents is 1. The summed E-state index contributed by atoms with van der Waals surface area (Å²) in [6.45, 7) is 3.19. The molecule has 110 valence electrons. The molecule has 0 atom stereocenters. The molecule has 1 heterocycles. The molecule has 0 aliphatic rings. The molecule has 2 rings (SSSR count). The van der Waals surface area contributed by atoms with Gasteiger partial charge in [-0.3, -0.25) is 10.1 Å². The number of hydrogen-bond acceptors (Lipinski definition) is 5. The van der Waals surface area contributed by atoms with Gasteiger partial charge in [-0.05, 0) is 31.5 Å². The zero-order chi connectivity index (χ0) is 15.6. The van der Waals surface area contributed by atoms with Gasteiger partial charge < -0.3 is 14.3 Å². The molecular weight excluding hydrogens is 278 g/mol. The number of hydrogen-bond donors (Lipinski definition) is 1. The molecule has 2 aromatic rings. The summed E-state index contributed by atoms with van der Waals surface area (Å²) in [6.07, 6.45) is 0. The summed E-state index contributed by atoms with van der Waals surface area (Å²) in [4.78, 5) is 21.3. The summed E-state index contributed by atoms with van der Waals surface area (Å²) in [6, 6.07) is 5.95. The Kier molecular flexibility index (Phi) is 3.93. The highest BCUT2D eigenvalue weighted by molar-refractivity contribution is 5.88. The van der Waals surface area contributed by atoms with Crippen molar-refractivity contribution in [2.75, 3.05) is 0 Å². The average Bonchev–Trinajstić information content (AvgIpc) is 2.78. The first-order chi connectivity index (χ1) is 9.88. The number of benzene rings is 1. The number of rotatable bonds is 5. The third kappa shape index (κ3) is 3.19. The van der Waals surface area contributed by atoms with Gasteiger partial charge in [-0.2, -0.15) is 0 Å². The molecule has 0 unspecified atom stereocenters. The predicted octanol–water partition coefficient (Wildman–Crippen LogP) is 3.08. The predicted molar refractivity (Wildman–Crippen MR) is 72.6 cm³/mol. The van der Waals surface area contributed by atoms with Gasteiger partial charge in [0.05, 0.1) is 4.92 Å². The third-order valence-corrected chi connectivity index (χ3v) is 2.88. The van der Waals surface area contributed by atoms with Gasteiger partial charge in [0, 0.05) is 6.07 Å². The van der Waals surface area contributed by atoms with Gasteiger partial charge in [-0.25, -0.2) is 4.79 Å². The van der Waals surface area contributed by atoms with E-state index in [1.54, 1.807) is 13.0 Å². The third-order valence-electron chi connectivity index (χ3n) is 2.88. The Balaban J connectivity index is 2.19. The van der Waals surface area contributed by atoms with Crippen LogP contribution in [0.3, 0.4) is 0 Å². The van der Waals surface area contributed by atoms with Crippen molar-refractivity contribution >= 4 is 11.7 Å². The van der Waals surface area contributed by atoms with Crippen LogP contribution in [0.5, 0.6) is 5.75 Å². The highest BCUT2D eigenvalue weighted by Gasteiger charge is 2.17. The maximum Gasteiger partial charge on any atom is 0.339 e. The molecule has 21 heavy (non-hydrogen) atoms. The van der Waals surface area contributed by atoms with E-state index in [0.29, 0.717) is 5.76 Å². The molecule has 0 radical (unpaired) electrons. The lowest BCUT2D eigenvalue weighted by atomic mass is 10.2. The Labute approximate surface area is 119 Å². The molecule has 0 amide bonds. The van der Waals surface area contributed by atoms with E-state index in [1.807, 2.05) is 0 Å². The summed E-state index contributed by atoms with van der Waals surface area (Å²) in [5.41, 5.74) is 0.653. The number of carboxylic acids is 1. The van der Waals surface area contributed by atoms with Crippen LogP contribution < -0.4 is 4.74 Å². The normalized spacial score (nSPS) is 10.4. The summed E-state index contributed by atoms with van der Waals surface area (Å²) in [5, 5.41) is 19.9. The monoisotopic (exact) mass is 291 g/mol. The number of nitrogens with zero attached hydrogens (tertiary/aromatic N) is 1. The van der Waals surface area contributed by atoms with Crippen LogP contribution in [0.25, 0.3) is 0 Å². The molecule has 0 saturated carbocycles. The standard InChI is InChI=1S/C14H13NO6/c1-8-3-4-13(12(5-8)15(18)19)20-7-10-6-11(14(16)17)9(2)21-10/h3-6H,7H2,1-2H3,(H,16,17). The van der Waals surface area contributed by atoms with Crippen LogP contribution in [0.2, 0.25) is 0 Å². The smallest absolute Gasteiger partial charge is 0.339 e. The van der Waals surface area contributed by atoms with E-state index in [4.69, 9.17) is 14.3 Å². The SMILES string of the molecule is Cc1ccc(OCc2cc(C(=O)O)c(C)o2)c([N+](=O)[O-])c1. The first-order valence-corrected chi connectivity index (χ1v) is 6.09. The van der Waals surface area contributed by atoms with Gasteiger partial charge >= 0.3 is 11.7 Å². The van der Waals surface area contributed by atoms with Crippen molar-refractivity contribution in [2.24, 2.45) is 0 Å². The Hall–Kier alpha value is -2.83. The van der Waals surface area contributed by atoms with Crippen LogP contribution in [0.1, 0.15) is 27.4 Å². The van der Waals surface area contributed by atoms with Crippen LogP contribution in [0.15, 0.2) is 28.7 Å². The van der Waals surface area contributed by atoms with Crippen LogP contribution in [-0.4, -0.2) is 16.0 Å². The average molecular weight is 291 g/mol. The number of aryl methyl sites for hydroxylation is 2. The lowest BCUT2D eigenvalue weighted by molar-refractivity contribution is -0.386. The molecule has 0 aliphatic heterocycles. The van der Waals surface area contributed by atoms with Gasteiger partial charge in [0.25, 0.3) is 0 Å². The summed E-state index contributed by atoms with van der Waals surface area (Å²) >= 11 is 0. The molecule has 0 spiro atoms. The van der Waals surface area contributed by atoms with Crippen molar-refractivity contribution in [1.29, 1.82) is 0 Å². The maximum atomic E-state index is 11.0. The van der Waals surface area contributed by atoms with E-state index in [9.17, 15) is 14.9 Å². The van der Waals surface area contributed by atoms with Crippen molar-refractivity contribution in [3.05, 3.63) is 57.0 Å². The molecule has 0 fully saturated rings. The van der Waals surface area contributed by atoms with Crippen molar-refractivity contribution in [2.45, 2.75) is 20.5 Å². The van der Waals surface area contributed by atoms with Gasteiger partial charge in [-0.1, -0.05) is 6.07 Å². The summed E-state index contributed by atoms with van der Waals surface area (Å²) < 4.78 is 10.6. The highest BCUT2D eigenvalue weighted by atomic mass is 16.6. The molecule has 7 heteroatoms. The molecule has 0 bridgehead atoms. The number of carbonyl (C=O) groups is 1. The Morgan fingerprint density at radius 3 is 2.67 bits per heavy atom. The topological polar surface area (TPSA) is 103 Å². The first kappa shape index (κ1) is 14.6. The molecule has 1 aromatic carbocycles. The van der Waals surface area contributed by atoms with Crippen molar-refractivity contribution in [3.8, 4) is 5.75 Å². The van der Waals surface area contributed by atoms with Gasteiger partial charge in [0.2, 0.25) is 0 Å². The van der Waals surface area contributed by atoms with E-state index in [0.717, 1.165) is 5.56 Å². The van der Waals surface area contributed by atoms with Crippen LogP contribution in [0.4, 0.5) is 5.69 Å². The Morgan fingerprint density at radius 1 is 1.38 bits per heavy atom. The van der Waals surface area contributed by atoms with Crippen LogP contribution in [0, 0.1) is 24.0 Å². The number of furan rings is 1. The second-order valence-corrected chi connectivity index (χ2v) is 4.50. The van der Waals surface area contributed by atoms with Gasteiger partial charge in [0.1, 0.15) is 23.7 Å². The number of aromatic carboxylic acids is 1. The number of carboxylic acid groups (broad SMARTS) is 1. The zero-order valence-corrected chi connectivity index (χ0v) is 11.5. The lowest BCUT2D eigenvalue weighted by Crippen LogP contribution is -1.99. The fourth-order valence-corrected chi connectivity index (χ4v) is 1.87. The molecule has 1 aromatic heterocycles. The second-order valence-electron chi connectivity index (χ2n) is 4.50. The van der Waals surface area contributed by atoms with Gasteiger partial charge in [-0.15, -0.1) is 0 Å². The quantitative estimate of drug-likeness (QED) is 0.670. The molecule has 0 aliphatic carbocycles. The fourth-order valence-electron chi connectivity index (χ4n) is 1.87. The minimum atomic E-state index is -1.09. The lowest BCUT2D eigenvalue weighted by Gasteiger charge is -2.05. The van der Waals surface area contributed by atoms with E-state index in [1.165, 1.54) is 25.1 Å². The molecule has 7 nitrogen and oxygen atoms in total. The minimum absolute atomic E-state index is 0.0482. The molecular formula is C14H13NO6. The largest absolute Gasteiger partial charge is 0.479 e. The first-order valence-electron chi connectivity index (χ1n) is 6.09. The van der Waals surface area contributed by atoms with Crippen LogP contribution in [-0.2, 0) is 6.61 Å². The highest BCUT2D eigenvalue weighted by Crippen LogP contribution is 2.28. The molecule has 1 N–H and O–H groups in total. The van der Waals surface area contributed by atoms with Crippen molar-refractivity contribution in [3.63, 3.8) is 0 Å². The van der Waals surface area contributed by atoms with Crippen molar-refractivity contribution < 1.29 is 24.0 Å². The summed E-state index contributed by atoms with van der Waals surface area (Å²) in [5.74, 6) is -0.431. The van der Waals surface area contributed by atoms with Gasteiger partial charge in [0.15, 0.2) is 5.75 Å². The van der Waals surface area contributed by atoms with E-state index in [2.05, 4.69) is 0 Å². The van der Waals surface area contributed by atoms with Crippen LogP contribution >= 0.6 is 0 Å². The van der Waals surface area contributed by atoms with Crippen molar-refractivity contribution in [1.82, 2.24) is 0 Å². The van der Waals surface area contributed by atoms with E-state index in [-0.39, 0.29) is 29.4 Å². The van der Waals surface area contributed by atoms with E-state index < -0.39 is 10.9 Å². The fraction of sp³-hybridized carbons (Fsp3) is 0.214. The Bertz CT molecular complexity index is 703. The molecule has 0 saturated heterocycles. The van der Waals surface area contributed by atoms with E-state index >= 15 is 0 Å². The number of ether oxygens (including phenoxy) is 1. The second kappa shape index (κ2) is 5.66. The minimum Gasteiger partial charge on any atom is -0.479 e.